The van der Waals surface area contributed by atoms with Gasteiger partial charge in [0.05, 0.1) is 30.7 Å². The number of hydrogen-bond acceptors (Lipinski definition) is 5. The van der Waals surface area contributed by atoms with Crippen LogP contribution in [0.15, 0.2) is 24.4 Å². The lowest BCUT2D eigenvalue weighted by Gasteiger charge is -2.35. The summed E-state index contributed by atoms with van der Waals surface area (Å²) in [6, 6.07) is 4.29. The largest absolute Gasteiger partial charge is 0.493 e. The Morgan fingerprint density at radius 1 is 1.33 bits per heavy atom. The van der Waals surface area contributed by atoms with Crippen molar-refractivity contribution in [2.45, 2.75) is 58.3 Å². The minimum absolute atomic E-state index is 0.0610. The van der Waals surface area contributed by atoms with Gasteiger partial charge in [-0.05, 0) is 42.0 Å². The summed E-state index contributed by atoms with van der Waals surface area (Å²) in [6.07, 6.45) is -1.50. The van der Waals surface area contributed by atoms with Crippen molar-refractivity contribution in [3.05, 3.63) is 41.2 Å². The Morgan fingerprint density at radius 2 is 2.11 bits per heavy atom. The van der Waals surface area contributed by atoms with Gasteiger partial charge in [-0.1, -0.05) is 19.9 Å². The lowest BCUT2D eigenvalue weighted by molar-refractivity contribution is -0.170. The fourth-order valence-corrected chi connectivity index (χ4v) is 5.10. The third kappa shape index (κ3) is 5.93. The maximum Gasteiger partial charge on any atom is 0.406 e. The molecular formula is C25H31F3N4O4. The average Bonchev–Trinajstić information content (AvgIpc) is 3.16. The summed E-state index contributed by atoms with van der Waals surface area (Å²) in [6.45, 7) is 4.20. The normalized spacial score (nSPS) is 19.9. The second-order valence-corrected chi connectivity index (χ2v) is 9.76. The number of carbonyl (C=O) groups excluding carboxylic acids is 1. The van der Waals surface area contributed by atoms with Gasteiger partial charge in [-0.25, -0.2) is 4.98 Å². The number of carboxylic acids is 1. The van der Waals surface area contributed by atoms with E-state index in [0.29, 0.717) is 29.9 Å². The van der Waals surface area contributed by atoms with E-state index in [2.05, 4.69) is 14.9 Å². The molecule has 0 aliphatic carbocycles. The molecule has 1 aromatic heterocycles. The molecular weight excluding hydrogens is 477 g/mol. The fourth-order valence-electron chi connectivity index (χ4n) is 5.10. The monoisotopic (exact) mass is 508 g/mol. The summed E-state index contributed by atoms with van der Waals surface area (Å²) in [4.78, 5) is 29.9. The first-order valence-electron chi connectivity index (χ1n) is 12.2. The highest BCUT2D eigenvalue weighted by atomic mass is 19.4. The van der Waals surface area contributed by atoms with E-state index in [0.717, 1.165) is 36.1 Å². The van der Waals surface area contributed by atoms with Gasteiger partial charge in [-0.3, -0.25) is 9.59 Å². The molecule has 2 N–H and O–H groups in total. The molecule has 36 heavy (non-hydrogen) atoms. The van der Waals surface area contributed by atoms with Crippen LogP contribution in [0.4, 0.5) is 19.1 Å². The zero-order valence-corrected chi connectivity index (χ0v) is 20.3. The molecule has 2 aliphatic rings. The van der Waals surface area contributed by atoms with E-state index in [1.54, 1.807) is 32.0 Å². The molecule has 1 amide bonds. The Morgan fingerprint density at radius 3 is 2.78 bits per heavy atom. The molecule has 11 heteroatoms. The molecule has 0 bridgehead atoms. The van der Waals surface area contributed by atoms with Gasteiger partial charge in [0, 0.05) is 25.7 Å². The van der Waals surface area contributed by atoms with Gasteiger partial charge in [0.2, 0.25) is 11.9 Å². The lowest BCUT2D eigenvalue weighted by Crippen LogP contribution is -2.45. The summed E-state index contributed by atoms with van der Waals surface area (Å²) in [5.74, 6) is -2.09. The zero-order chi connectivity index (χ0) is 26.0. The second-order valence-electron chi connectivity index (χ2n) is 9.76. The first-order chi connectivity index (χ1) is 17.0. The molecule has 8 nitrogen and oxygen atoms in total. The van der Waals surface area contributed by atoms with Gasteiger partial charge >= 0.3 is 12.1 Å². The summed E-state index contributed by atoms with van der Waals surface area (Å²) in [7, 11) is 0. The van der Waals surface area contributed by atoms with Crippen LogP contribution < -0.4 is 10.1 Å². The van der Waals surface area contributed by atoms with Gasteiger partial charge in [-0.2, -0.15) is 13.2 Å². The molecule has 0 fully saturated rings. The number of hydrogen-bond donors (Lipinski definition) is 2. The first-order valence-corrected chi connectivity index (χ1v) is 12.2. The van der Waals surface area contributed by atoms with Gasteiger partial charge in [0.25, 0.3) is 0 Å². The Balaban J connectivity index is 1.58. The molecule has 0 spiro atoms. The van der Waals surface area contributed by atoms with Crippen molar-refractivity contribution in [3.8, 4) is 5.75 Å². The van der Waals surface area contributed by atoms with E-state index in [1.807, 2.05) is 6.20 Å². The van der Waals surface area contributed by atoms with Crippen LogP contribution in [0.25, 0.3) is 0 Å². The maximum atomic E-state index is 13.5. The number of rotatable bonds is 8. The van der Waals surface area contributed by atoms with E-state index < -0.39 is 43.0 Å². The number of ether oxygens (including phenoxy) is 1. The van der Waals surface area contributed by atoms with E-state index >= 15 is 0 Å². The Kier molecular flexibility index (Phi) is 7.46. The molecule has 4 rings (SSSR count). The van der Waals surface area contributed by atoms with Gasteiger partial charge < -0.3 is 24.6 Å². The number of nitrogens with zero attached hydrogens (tertiary/aromatic N) is 3. The van der Waals surface area contributed by atoms with Crippen LogP contribution in [0.2, 0.25) is 0 Å². The number of imidazole rings is 1. The number of nitrogens with one attached hydrogen (secondary N) is 1. The summed E-state index contributed by atoms with van der Waals surface area (Å²) >= 11 is 0. The molecule has 2 unspecified atom stereocenters. The fraction of sp³-hybridized carbons (Fsp3) is 0.560. The van der Waals surface area contributed by atoms with Crippen LogP contribution in [0, 0.1) is 11.8 Å². The predicted molar refractivity (Wildman–Crippen MR) is 126 cm³/mol. The average molecular weight is 509 g/mol. The number of amides is 1. The minimum atomic E-state index is -4.62. The van der Waals surface area contributed by atoms with Crippen LogP contribution >= 0.6 is 0 Å². The number of aryl methyl sites for hydroxylation is 1. The number of halogens is 3. The molecule has 2 aromatic rings. The third-order valence-electron chi connectivity index (χ3n) is 6.58. The molecule has 0 radical (unpaired) electrons. The quantitative estimate of drug-likeness (QED) is 0.559. The number of anilines is 1. The second kappa shape index (κ2) is 10.4. The summed E-state index contributed by atoms with van der Waals surface area (Å²) in [5, 5.41) is 12.5. The number of alkyl halides is 3. The Bertz CT molecular complexity index is 1090. The molecule has 196 valence electrons. The van der Waals surface area contributed by atoms with E-state index in [9.17, 15) is 27.9 Å². The highest BCUT2D eigenvalue weighted by molar-refractivity contribution is 5.84. The highest BCUT2D eigenvalue weighted by Gasteiger charge is 2.43. The number of aromatic nitrogens is 2. The van der Waals surface area contributed by atoms with Crippen LogP contribution in [0.3, 0.4) is 0 Å². The minimum Gasteiger partial charge on any atom is -0.493 e. The van der Waals surface area contributed by atoms with E-state index in [4.69, 9.17) is 4.74 Å². The number of fused-ring (bicyclic) bond motifs is 2. The van der Waals surface area contributed by atoms with Crippen molar-refractivity contribution in [1.82, 2.24) is 14.5 Å². The standard InChI is InChI=1S/C25H31F3N4O4/c1-15(2)22-20-12-19(36-9-6-18-13-31-8-3-7-29-24(31)30-18)5-4-16(20)10-17(11-21(33)34)23(35)32(22)14-25(26,27)28/h4-5,12-13,15,17,22H,3,6-11,14H2,1-2H3,(H,29,30)(H,33,34). The number of benzene rings is 1. The van der Waals surface area contributed by atoms with Gasteiger partial charge in [-0.15, -0.1) is 0 Å². The van der Waals surface area contributed by atoms with Crippen LogP contribution in [0.1, 0.15) is 49.6 Å². The molecule has 0 saturated carbocycles. The van der Waals surface area contributed by atoms with Gasteiger partial charge in [0.15, 0.2) is 0 Å². The maximum absolute atomic E-state index is 13.5. The number of carbonyl (C=O) groups is 2. The molecule has 3 heterocycles. The third-order valence-corrected chi connectivity index (χ3v) is 6.58. The van der Waals surface area contributed by atoms with Crippen LogP contribution in [-0.4, -0.2) is 57.3 Å². The first kappa shape index (κ1) is 25.8. The lowest BCUT2D eigenvalue weighted by atomic mass is 9.89. The summed E-state index contributed by atoms with van der Waals surface area (Å²) < 4.78 is 48.5. The summed E-state index contributed by atoms with van der Waals surface area (Å²) in [5.41, 5.74) is 2.11. The van der Waals surface area contributed by atoms with Crippen molar-refractivity contribution in [2.24, 2.45) is 11.8 Å². The topological polar surface area (TPSA) is 96.7 Å². The van der Waals surface area contributed by atoms with Crippen molar-refractivity contribution in [1.29, 1.82) is 0 Å². The van der Waals surface area contributed by atoms with Crippen molar-refractivity contribution in [3.63, 3.8) is 0 Å². The highest BCUT2D eigenvalue weighted by Crippen LogP contribution is 2.40. The zero-order valence-electron chi connectivity index (χ0n) is 20.3. The SMILES string of the molecule is CC(C)C1c2cc(OCCc3cn4c(n3)NCCC4)ccc2CC(CC(=O)O)C(=O)N1CC(F)(F)F. The van der Waals surface area contributed by atoms with Gasteiger partial charge in [0.1, 0.15) is 12.3 Å². The predicted octanol–water partition coefficient (Wildman–Crippen LogP) is 4.06. The van der Waals surface area contributed by atoms with Crippen molar-refractivity contribution in [2.75, 3.05) is 25.0 Å². The molecule has 2 aliphatic heterocycles. The Labute approximate surface area is 207 Å². The number of carboxylic acid groups (broad SMARTS) is 1. The molecule has 2 atom stereocenters. The van der Waals surface area contributed by atoms with Crippen LogP contribution in [-0.2, 0) is 29.0 Å². The molecule has 1 aromatic carbocycles. The van der Waals surface area contributed by atoms with E-state index in [-0.39, 0.29) is 12.3 Å². The molecule has 0 saturated heterocycles. The van der Waals surface area contributed by atoms with Crippen molar-refractivity contribution < 1.29 is 32.6 Å². The smallest absolute Gasteiger partial charge is 0.406 e. The van der Waals surface area contributed by atoms with E-state index in [1.165, 1.54) is 0 Å². The van der Waals surface area contributed by atoms with Crippen LogP contribution in [0.5, 0.6) is 5.75 Å². The van der Waals surface area contributed by atoms with Crippen molar-refractivity contribution >= 4 is 17.8 Å². The Hall–Kier alpha value is -3.24. The number of aliphatic carboxylic acids is 1.